The minimum atomic E-state index is 0.282. The number of hydrogen-bond donors (Lipinski definition) is 1. The first-order chi connectivity index (χ1) is 8.70. The summed E-state index contributed by atoms with van der Waals surface area (Å²) < 4.78 is 0. The fourth-order valence-electron chi connectivity index (χ4n) is 3.50. The summed E-state index contributed by atoms with van der Waals surface area (Å²) in [6, 6.07) is 0. The van der Waals surface area contributed by atoms with Gasteiger partial charge in [0, 0.05) is 38.3 Å². The van der Waals surface area contributed by atoms with Crippen molar-refractivity contribution >= 4 is 0 Å². The number of nitrogens with two attached hydrogens (primary N) is 1. The number of nitrogens with zero attached hydrogens (tertiary/aromatic N) is 3. The van der Waals surface area contributed by atoms with E-state index in [0.29, 0.717) is 0 Å². The Balaban J connectivity index is 1.98. The van der Waals surface area contributed by atoms with Crippen LogP contribution in [0.2, 0.25) is 0 Å². The van der Waals surface area contributed by atoms with Crippen LogP contribution in [0.1, 0.15) is 26.2 Å². The van der Waals surface area contributed by atoms with Gasteiger partial charge in [-0.3, -0.25) is 4.90 Å². The van der Waals surface area contributed by atoms with Crippen LogP contribution >= 0.6 is 0 Å². The molecule has 0 aromatic heterocycles. The van der Waals surface area contributed by atoms with Crippen molar-refractivity contribution < 1.29 is 0 Å². The van der Waals surface area contributed by atoms with Gasteiger partial charge in [-0.25, -0.2) is 0 Å². The lowest BCUT2D eigenvalue weighted by Gasteiger charge is -2.47. The molecule has 0 spiro atoms. The first kappa shape index (κ1) is 14.3. The molecular formula is C14H30N4. The fourth-order valence-corrected chi connectivity index (χ4v) is 3.50. The molecule has 18 heavy (non-hydrogen) atoms. The highest BCUT2D eigenvalue weighted by molar-refractivity contribution is 4.96. The molecule has 2 heterocycles. The fraction of sp³-hybridized carbons (Fsp3) is 1.00. The first-order valence-corrected chi connectivity index (χ1v) is 7.56. The van der Waals surface area contributed by atoms with Crippen LogP contribution in [0.5, 0.6) is 0 Å². The zero-order valence-corrected chi connectivity index (χ0v) is 12.2. The van der Waals surface area contributed by atoms with Gasteiger partial charge in [-0.2, -0.15) is 0 Å². The van der Waals surface area contributed by atoms with E-state index in [1.165, 1.54) is 65.1 Å². The van der Waals surface area contributed by atoms with Crippen molar-refractivity contribution in [1.29, 1.82) is 0 Å². The zero-order chi connectivity index (χ0) is 13.0. The summed E-state index contributed by atoms with van der Waals surface area (Å²) >= 11 is 0. The van der Waals surface area contributed by atoms with E-state index < -0.39 is 0 Å². The van der Waals surface area contributed by atoms with Gasteiger partial charge in [0.1, 0.15) is 0 Å². The molecule has 0 amide bonds. The summed E-state index contributed by atoms with van der Waals surface area (Å²) in [7, 11) is 2.24. The van der Waals surface area contributed by atoms with Gasteiger partial charge in [0.15, 0.2) is 0 Å². The second-order valence-corrected chi connectivity index (χ2v) is 6.01. The van der Waals surface area contributed by atoms with Crippen molar-refractivity contribution in [3.05, 3.63) is 0 Å². The maximum atomic E-state index is 6.18. The highest BCUT2D eigenvalue weighted by atomic mass is 15.3. The summed E-state index contributed by atoms with van der Waals surface area (Å²) in [5, 5.41) is 0. The summed E-state index contributed by atoms with van der Waals surface area (Å²) in [5.74, 6) is 0. The lowest BCUT2D eigenvalue weighted by molar-refractivity contribution is 0.0285. The van der Waals surface area contributed by atoms with Gasteiger partial charge in [0.2, 0.25) is 0 Å². The maximum Gasteiger partial charge on any atom is 0.0345 e. The molecule has 0 bridgehead atoms. The smallest absolute Gasteiger partial charge is 0.0345 e. The van der Waals surface area contributed by atoms with Crippen molar-refractivity contribution in [1.82, 2.24) is 14.7 Å². The van der Waals surface area contributed by atoms with Gasteiger partial charge < -0.3 is 15.5 Å². The van der Waals surface area contributed by atoms with Crippen LogP contribution in [-0.4, -0.2) is 79.6 Å². The molecule has 2 N–H and O–H groups in total. The SMILES string of the molecule is CCN1CCN(C2(CN)CCCN(C)CC2)CC1. The molecule has 106 valence electrons. The van der Waals surface area contributed by atoms with Gasteiger partial charge in [-0.1, -0.05) is 6.92 Å². The Kier molecular flexibility index (Phi) is 5.01. The second kappa shape index (κ2) is 6.33. The quantitative estimate of drug-likeness (QED) is 0.793. The highest BCUT2D eigenvalue weighted by Gasteiger charge is 2.37. The number of hydrogen-bond acceptors (Lipinski definition) is 4. The zero-order valence-electron chi connectivity index (χ0n) is 12.2. The number of likely N-dealkylation sites (N-methyl/N-ethyl adjacent to an activating group) is 1. The molecule has 0 radical (unpaired) electrons. The predicted molar refractivity (Wildman–Crippen MR) is 76.8 cm³/mol. The molecule has 1 unspecified atom stereocenters. The largest absolute Gasteiger partial charge is 0.329 e. The van der Waals surface area contributed by atoms with Gasteiger partial charge in [-0.05, 0) is 45.9 Å². The number of likely N-dealkylation sites (tertiary alicyclic amines) is 1. The van der Waals surface area contributed by atoms with Gasteiger partial charge in [0.05, 0.1) is 0 Å². The standard InChI is InChI=1S/C14H30N4/c1-3-17-9-11-18(12-10-17)14(13-15)5-4-7-16(2)8-6-14/h3-13,15H2,1-2H3. The predicted octanol–water partition coefficient (Wildman–Crippen LogP) is 0.437. The molecule has 4 nitrogen and oxygen atoms in total. The Hall–Kier alpha value is -0.160. The van der Waals surface area contributed by atoms with Crippen LogP contribution in [0.15, 0.2) is 0 Å². The van der Waals surface area contributed by atoms with Crippen LogP contribution in [0.4, 0.5) is 0 Å². The third kappa shape index (κ3) is 3.05. The Bertz CT molecular complexity index is 250. The van der Waals surface area contributed by atoms with E-state index in [9.17, 15) is 0 Å². The van der Waals surface area contributed by atoms with Crippen LogP contribution in [0.3, 0.4) is 0 Å². The van der Waals surface area contributed by atoms with Crippen LogP contribution < -0.4 is 5.73 Å². The summed E-state index contributed by atoms with van der Waals surface area (Å²) in [4.78, 5) is 7.70. The first-order valence-electron chi connectivity index (χ1n) is 7.56. The Morgan fingerprint density at radius 1 is 1.00 bits per heavy atom. The second-order valence-electron chi connectivity index (χ2n) is 6.01. The van der Waals surface area contributed by atoms with Crippen molar-refractivity contribution in [2.75, 3.05) is 59.4 Å². The van der Waals surface area contributed by atoms with E-state index in [4.69, 9.17) is 5.73 Å². The third-order valence-corrected chi connectivity index (χ3v) is 5.01. The van der Waals surface area contributed by atoms with E-state index in [1.807, 2.05) is 0 Å². The molecular weight excluding hydrogens is 224 g/mol. The van der Waals surface area contributed by atoms with E-state index in [-0.39, 0.29) is 5.54 Å². The summed E-state index contributed by atoms with van der Waals surface area (Å²) in [6.45, 7) is 11.5. The molecule has 4 heteroatoms. The number of rotatable bonds is 3. The molecule has 0 saturated carbocycles. The van der Waals surface area contributed by atoms with E-state index in [0.717, 1.165) is 6.54 Å². The Morgan fingerprint density at radius 2 is 1.72 bits per heavy atom. The van der Waals surface area contributed by atoms with Crippen LogP contribution in [-0.2, 0) is 0 Å². The van der Waals surface area contributed by atoms with E-state index in [2.05, 4.69) is 28.7 Å². The highest BCUT2D eigenvalue weighted by Crippen LogP contribution is 2.28. The Labute approximate surface area is 112 Å². The Morgan fingerprint density at radius 3 is 2.33 bits per heavy atom. The molecule has 0 aromatic rings. The van der Waals surface area contributed by atoms with Gasteiger partial charge in [0.25, 0.3) is 0 Å². The van der Waals surface area contributed by atoms with Crippen molar-refractivity contribution in [2.24, 2.45) is 5.73 Å². The molecule has 2 saturated heterocycles. The summed E-state index contributed by atoms with van der Waals surface area (Å²) in [6.07, 6.45) is 3.81. The van der Waals surface area contributed by atoms with Crippen LogP contribution in [0.25, 0.3) is 0 Å². The molecule has 2 aliphatic heterocycles. The average Bonchev–Trinajstić information content (AvgIpc) is 2.62. The number of piperazine rings is 1. The van der Waals surface area contributed by atoms with Crippen molar-refractivity contribution in [3.63, 3.8) is 0 Å². The third-order valence-electron chi connectivity index (χ3n) is 5.01. The topological polar surface area (TPSA) is 35.7 Å². The minimum absolute atomic E-state index is 0.282. The summed E-state index contributed by atoms with van der Waals surface area (Å²) in [5.41, 5.74) is 6.46. The van der Waals surface area contributed by atoms with Gasteiger partial charge >= 0.3 is 0 Å². The molecule has 1 atom stereocenters. The molecule has 0 aliphatic carbocycles. The van der Waals surface area contributed by atoms with Crippen molar-refractivity contribution in [2.45, 2.75) is 31.7 Å². The maximum absolute atomic E-state index is 6.18. The molecule has 2 rings (SSSR count). The molecule has 2 fully saturated rings. The van der Waals surface area contributed by atoms with Crippen LogP contribution in [0, 0.1) is 0 Å². The lowest BCUT2D eigenvalue weighted by atomic mass is 9.87. The normalized spacial score (nSPS) is 33.5. The monoisotopic (exact) mass is 254 g/mol. The molecule has 2 aliphatic rings. The molecule has 0 aromatic carbocycles. The van der Waals surface area contributed by atoms with E-state index in [1.54, 1.807) is 0 Å². The van der Waals surface area contributed by atoms with E-state index >= 15 is 0 Å². The van der Waals surface area contributed by atoms with Gasteiger partial charge in [-0.15, -0.1) is 0 Å². The lowest BCUT2D eigenvalue weighted by Crippen LogP contribution is -2.60. The minimum Gasteiger partial charge on any atom is -0.329 e. The van der Waals surface area contributed by atoms with Crippen molar-refractivity contribution in [3.8, 4) is 0 Å². The average molecular weight is 254 g/mol.